The van der Waals surface area contributed by atoms with Gasteiger partial charge < -0.3 is 4.90 Å². The lowest BCUT2D eigenvalue weighted by Gasteiger charge is -2.25. The van der Waals surface area contributed by atoms with Crippen molar-refractivity contribution in [1.29, 1.82) is 0 Å². The van der Waals surface area contributed by atoms with E-state index in [-0.39, 0.29) is 16.2 Å². The molecule has 200 valence electrons. The van der Waals surface area contributed by atoms with E-state index in [1.54, 1.807) is 25.4 Å². The Hall–Kier alpha value is -2.62. The van der Waals surface area contributed by atoms with Crippen LogP contribution in [0.2, 0.25) is 0 Å². The highest BCUT2D eigenvalue weighted by atomic mass is 32.2. The van der Waals surface area contributed by atoms with E-state index in [9.17, 15) is 21.6 Å². The SMILES string of the molecule is CNS(=O)(=O)Nc1ncc(CN2CCC3(CCN(c4nc(C)nc5sc(CC(F)(F)F)cc45)C3)C2)cn1. The summed E-state index contributed by atoms with van der Waals surface area (Å²) in [5.41, 5.74) is 0.946. The van der Waals surface area contributed by atoms with Crippen LogP contribution in [0.1, 0.15) is 29.1 Å². The molecule has 37 heavy (non-hydrogen) atoms. The van der Waals surface area contributed by atoms with Crippen LogP contribution in [0.4, 0.5) is 24.9 Å². The molecule has 1 atom stereocenters. The molecule has 2 fully saturated rings. The number of nitrogens with zero attached hydrogens (tertiary/aromatic N) is 6. The Balaban J connectivity index is 1.26. The third-order valence-electron chi connectivity index (χ3n) is 6.77. The van der Waals surface area contributed by atoms with E-state index in [4.69, 9.17) is 0 Å². The standard InChI is InChI=1S/C22H27F3N8O2S2/c1-14-29-18(17-7-16(8-22(23,24)25)36-19(17)30-14)33-6-4-21(13-33)3-5-32(12-21)11-15-9-27-20(28-10-15)31-37(34,35)26-2/h7,9-10,26H,3-6,8,11-13H2,1-2H3,(H,27,28,31). The highest BCUT2D eigenvalue weighted by Crippen LogP contribution is 2.43. The first-order chi connectivity index (χ1) is 17.4. The zero-order chi connectivity index (χ0) is 26.4. The number of thiophene rings is 1. The van der Waals surface area contributed by atoms with Gasteiger partial charge in [-0.25, -0.2) is 29.4 Å². The second kappa shape index (κ2) is 9.60. The number of hydrogen-bond acceptors (Lipinski definition) is 9. The zero-order valence-electron chi connectivity index (χ0n) is 20.3. The number of aryl methyl sites for hydroxylation is 1. The predicted octanol–water partition coefficient (Wildman–Crippen LogP) is 2.87. The van der Waals surface area contributed by atoms with Crippen molar-refractivity contribution in [1.82, 2.24) is 29.6 Å². The third-order valence-corrected chi connectivity index (χ3v) is 8.79. The second-order valence-electron chi connectivity index (χ2n) is 9.67. The van der Waals surface area contributed by atoms with Gasteiger partial charge in [0.05, 0.1) is 11.8 Å². The van der Waals surface area contributed by atoms with Gasteiger partial charge in [0.15, 0.2) is 0 Å². The van der Waals surface area contributed by atoms with E-state index in [0.717, 1.165) is 61.7 Å². The number of nitrogens with one attached hydrogen (secondary N) is 2. The third kappa shape index (κ3) is 5.94. The van der Waals surface area contributed by atoms with Crippen LogP contribution in [-0.4, -0.2) is 72.7 Å². The number of likely N-dealkylation sites (tertiary alicyclic amines) is 1. The Labute approximate surface area is 216 Å². The summed E-state index contributed by atoms with van der Waals surface area (Å²) in [6.07, 6.45) is -0.0301. The average Bonchev–Trinajstić information content (AvgIpc) is 3.52. The molecule has 5 rings (SSSR count). The topological polar surface area (TPSA) is 116 Å². The highest BCUT2D eigenvalue weighted by Gasteiger charge is 2.44. The van der Waals surface area contributed by atoms with Crippen LogP contribution in [0.15, 0.2) is 18.5 Å². The first kappa shape index (κ1) is 26.0. The van der Waals surface area contributed by atoms with Crippen LogP contribution >= 0.6 is 11.3 Å². The molecule has 2 N–H and O–H groups in total. The fourth-order valence-electron chi connectivity index (χ4n) is 5.12. The van der Waals surface area contributed by atoms with Crippen LogP contribution in [0.3, 0.4) is 0 Å². The summed E-state index contributed by atoms with van der Waals surface area (Å²) in [7, 11) is -2.38. The summed E-state index contributed by atoms with van der Waals surface area (Å²) in [6, 6.07) is 1.59. The molecule has 2 saturated heterocycles. The number of aromatic nitrogens is 4. The fraction of sp³-hybridized carbons (Fsp3) is 0.545. The predicted molar refractivity (Wildman–Crippen MR) is 135 cm³/mol. The van der Waals surface area contributed by atoms with Crippen molar-refractivity contribution >= 4 is 43.5 Å². The number of fused-ring (bicyclic) bond motifs is 1. The van der Waals surface area contributed by atoms with Crippen LogP contribution in [-0.2, 0) is 23.2 Å². The van der Waals surface area contributed by atoms with Crippen molar-refractivity contribution < 1.29 is 21.6 Å². The first-order valence-corrected chi connectivity index (χ1v) is 14.1. The van der Waals surface area contributed by atoms with Gasteiger partial charge in [-0.05, 0) is 32.4 Å². The fourth-order valence-corrected chi connectivity index (χ4v) is 6.66. The minimum atomic E-state index is -4.26. The molecule has 15 heteroatoms. The molecule has 0 bridgehead atoms. The molecule has 0 amide bonds. The van der Waals surface area contributed by atoms with E-state index in [2.05, 4.69) is 39.2 Å². The van der Waals surface area contributed by atoms with E-state index in [1.165, 1.54) is 7.05 Å². The van der Waals surface area contributed by atoms with E-state index in [1.807, 2.05) is 0 Å². The van der Waals surface area contributed by atoms with E-state index < -0.39 is 22.8 Å². The molecule has 10 nitrogen and oxygen atoms in total. The van der Waals surface area contributed by atoms with Crippen molar-refractivity contribution in [2.75, 3.05) is 42.8 Å². The van der Waals surface area contributed by atoms with Gasteiger partial charge in [-0.2, -0.15) is 21.6 Å². The lowest BCUT2D eigenvalue weighted by molar-refractivity contribution is -0.126. The number of hydrogen-bond donors (Lipinski definition) is 2. The van der Waals surface area contributed by atoms with Crippen molar-refractivity contribution in [3.8, 4) is 0 Å². The lowest BCUT2D eigenvalue weighted by Crippen LogP contribution is -2.31. The molecule has 0 radical (unpaired) electrons. The Kier molecular flexibility index (Phi) is 6.75. The van der Waals surface area contributed by atoms with Gasteiger partial charge in [0.2, 0.25) is 5.95 Å². The Morgan fingerprint density at radius 3 is 2.57 bits per heavy atom. The minimum absolute atomic E-state index is 0.000655. The molecule has 0 aliphatic carbocycles. The first-order valence-electron chi connectivity index (χ1n) is 11.8. The maximum Gasteiger partial charge on any atom is 0.393 e. The quantitative estimate of drug-likeness (QED) is 0.457. The monoisotopic (exact) mass is 556 g/mol. The zero-order valence-corrected chi connectivity index (χ0v) is 22.0. The lowest BCUT2D eigenvalue weighted by atomic mass is 9.86. The normalized spacial score (nSPS) is 20.9. The van der Waals surface area contributed by atoms with E-state index in [0.29, 0.717) is 22.6 Å². The van der Waals surface area contributed by atoms with Crippen LogP contribution in [0.5, 0.6) is 0 Å². The molecule has 2 aliphatic heterocycles. The second-order valence-corrected chi connectivity index (χ2v) is 12.4. The van der Waals surface area contributed by atoms with Gasteiger partial charge in [0.25, 0.3) is 0 Å². The summed E-state index contributed by atoms with van der Waals surface area (Å²) < 4.78 is 66.4. The molecule has 1 unspecified atom stereocenters. The summed E-state index contributed by atoms with van der Waals surface area (Å²) in [5, 5.41) is 0.688. The molecule has 5 heterocycles. The molecule has 3 aromatic rings. The van der Waals surface area contributed by atoms with Gasteiger partial charge in [0, 0.05) is 61.5 Å². The van der Waals surface area contributed by atoms with Crippen LogP contribution < -0.4 is 14.3 Å². The Morgan fingerprint density at radius 2 is 1.86 bits per heavy atom. The smallest absolute Gasteiger partial charge is 0.355 e. The van der Waals surface area contributed by atoms with Crippen molar-refractivity contribution in [3.05, 3.63) is 34.7 Å². The number of alkyl halides is 3. The molecule has 1 spiro atoms. The van der Waals surface area contributed by atoms with Crippen LogP contribution in [0.25, 0.3) is 10.2 Å². The van der Waals surface area contributed by atoms with Gasteiger partial charge >= 0.3 is 16.4 Å². The maximum atomic E-state index is 13.0. The van der Waals surface area contributed by atoms with Gasteiger partial charge in [-0.3, -0.25) is 4.90 Å². The minimum Gasteiger partial charge on any atom is -0.355 e. The molecule has 3 aromatic heterocycles. The average molecular weight is 557 g/mol. The van der Waals surface area contributed by atoms with Crippen molar-refractivity contribution in [3.63, 3.8) is 0 Å². The van der Waals surface area contributed by atoms with E-state index >= 15 is 0 Å². The summed E-state index contributed by atoms with van der Waals surface area (Å²) in [4.78, 5) is 22.6. The summed E-state index contributed by atoms with van der Waals surface area (Å²) in [5.74, 6) is 1.27. The van der Waals surface area contributed by atoms with Gasteiger partial charge in [0.1, 0.15) is 16.5 Å². The molecule has 0 saturated carbocycles. The Morgan fingerprint density at radius 1 is 1.14 bits per heavy atom. The number of halogens is 3. The maximum absolute atomic E-state index is 13.0. The molecule has 0 aromatic carbocycles. The molecule has 2 aliphatic rings. The Bertz CT molecular complexity index is 1400. The van der Waals surface area contributed by atoms with Crippen LogP contribution in [0, 0.1) is 12.3 Å². The number of anilines is 2. The highest BCUT2D eigenvalue weighted by molar-refractivity contribution is 7.90. The summed E-state index contributed by atoms with van der Waals surface area (Å²) >= 11 is 1.08. The van der Waals surface area contributed by atoms with Gasteiger partial charge in [-0.1, -0.05) is 0 Å². The number of rotatable bonds is 7. The van der Waals surface area contributed by atoms with Crippen molar-refractivity contribution in [2.24, 2.45) is 5.41 Å². The van der Waals surface area contributed by atoms with Gasteiger partial charge in [-0.15, -0.1) is 11.3 Å². The largest absolute Gasteiger partial charge is 0.393 e. The molecular formula is C22H27F3N8O2S2. The summed E-state index contributed by atoms with van der Waals surface area (Å²) in [6.45, 7) is 5.74. The molecular weight excluding hydrogens is 529 g/mol. The van der Waals surface area contributed by atoms with Crippen molar-refractivity contribution in [2.45, 2.75) is 38.9 Å².